The lowest BCUT2D eigenvalue weighted by Crippen LogP contribution is -2.34. The Kier molecular flexibility index (Phi) is 5.75. The lowest BCUT2D eigenvalue weighted by Gasteiger charge is -2.32. The number of ether oxygens (including phenoxy) is 1. The molecule has 0 saturated carbocycles. The van der Waals surface area contributed by atoms with E-state index in [9.17, 15) is 9.59 Å². The summed E-state index contributed by atoms with van der Waals surface area (Å²) in [5, 5.41) is 0. The summed E-state index contributed by atoms with van der Waals surface area (Å²) in [7, 11) is 0. The highest BCUT2D eigenvalue weighted by molar-refractivity contribution is 5.78. The maximum Gasteiger partial charge on any atom is 0.306 e. The van der Waals surface area contributed by atoms with Crippen LogP contribution in [0.3, 0.4) is 0 Å². The van der Waals surface area contributed by atoms with Crippen LogP contribution in [0.15, 0.2) is 18.3 Å². The zero-order valence-corrected chi connectivity index (χ0v) is 13.0. The van der Waals surface area contributed by atoms with Gasteiger partial charge in [-0.05, 0) is 43.7 Å². The van der Waals surface area contributed by atoms with Gasteiger partial charge in [-0.2, -0.15) is 0 Å². The van der Waals surface area contributed by atoms with Gasteiger partial charge < -0.3 is 15.4 Å². The number of hydrogen-bond donors (Lipinski definition) is 1. The van der Waals surface area contributed by atoms with Gasteiger partial charge in [0.25, 0.3) is 5.91 Å². The molecule has 6 nitrogen and oxygen atoms in total. The predicted molar refractivity (Wildman–Crippen MR) is 83.3 cm³/mol. The molecule has 2 rings (SSSR count). The molecule has 1 aliphatic heterocycles. The van der Waals surface area contributed by atoms with Crippen LogP contribution in [0.5, 0.6) is 0 Å². The molecule has 0 aliphatic carbocycles. The second kappa shape index (κ2) is 7.77. The molecule has 1 aliphatic rings. The van der Waals surface area contributed by atoms with Gasteiger partial charge in [0.05, 0.1) is 0 Å². The first-order valence-corrected chi connectivity index (χ1v) is 7.66. The number of pyridine rings is 1. The topological polar surface area (TPSA) is 85.5 Å². The van der Waals surface area contributed by atoms with Crippen LogP contribution in [0.1, 0.15) is 31.2 Å². The largest absolute Gasteiger partial charge is 0.456 e. The number of carbonyl (C=O) groups is 2. The SMILES string of the molecule is Cc1ccc(N2CCC(CCC(=O)OCC(N)=O)CC2)nc1. The summed E-state index contributed by atoms with van der Waals surface area (Å²) in [5.41, 5.74) is 6.09. The fourth-order valence-corrected chi connectivity index (χ4v) is 2.64. The Morgan fingerprint density at radius 2 is 2.09 bits per heavy atom. The van der Waals surface area contributed by atoms with E-state index in [2.05, 4.69) is 22.0 Å². The summed E-state index contributed by atoms with van der Waals surface area (Å²) in [6.07, 6.45) is 5.11. The van der Waals surface area contributed by atoms with Gasteiger partial charge in [0.2, 0.25) is 0 Å². The average Bonchev–Trinajstić information content (AvgIpc) is 2.52. The molecule has 1 amide bonds. The molecule has 1 aromatic rings. The molecule has 120 valence electrons. The van der Waals surface area contributed by atoms with Crippen LogP contribution in [0.4, 0.5) is 5.82 Å². The Balaban J connectivity index is 1.70. The van der Waals surface area contributed by atoms with Crippen molar-refractivity contribution in [1.29, 1.82) is 0 Å². The van der Waals surface area contributed by atoms with Gasteiger partial charge in [-0.15, -0.1) is 0 Å². The van der Waals surface area contributed by atoms with Gasteiger partial charge in [-0.1, -0.05) is 6.07 Å². The Hall–Kier alpha value is -2.11. The summed E-state index contributed by atoms with van der Waals surface area (Å²) in [4.78, 5) is 28.7. The molecule has 0 aromatic carbocycles. The Morgan fingerprint density at radius 1 is 1.36 bits per heavy atom. The number of rotatable bonds is 6. The summed E-state index contributed by atoms with van der Waals surface area (Å²) >= 11 is 0. The lowest BCUT2D eigenvalue weighted by atomic mass is 9.92. The normalized spacial score (nSPS) is 15.6. The van der Waals surface area contributed by atoms with Crippen molar-refractivity contribution in [1.82, 2.24) is 4.98 Å². The van der Waals surface area contributed by atoms with Gasteiger partial charge in [-0.3, -0.25) is 9.59 Å². The highest BCUT2D eigenvalue weighted by atomic mass is 16.5. The van der Waals surface area contributed by atoms with E-state index in [0.29, 0.717) is 12.3 Å². The number of aromatic nitrogens is 1. The van der Waals surface area contributed by atoms with Crippen LogP contribution in [-0.2, 0) is 14.3 Å². The Labute approximate surface area is 130 Å². The van der Waals surface area contributed by atoms with Crippen molar-refractivity contribution in [3.63, 3.8) is 0 Å². The molecule has 0 unspecified atom stereocenters. The van der Waals surface area contributed by atoms with Gasteiger partial charge in [0.1, 0.15) is 5.82 Å². The van der Waals surface area contributed by atoms with Gasteiger partial charge in [-0.25, -0.2) is 4.98 Å². The number of carbonyl (C=O) groups excluding carboxylic acids is 2. The van der Waals surface area contributed by atoms with Crippen LogP contribution >= 0.6 is 0 Å². The summed E-state index contributed by atoms with van der Waals surface area (Å²) in [5.74, 6) is 0.571. The fourth-order valence-electron chi connectivity index (χ4n) is 2.64. The van der Waals surface area contributed by atoms with Crippen LogP contribution in [0.25, 0.3) is 0 Å². The minimum Gasteiger partial charge on any atom is -0.456 e. The third-order valence-corrected chi connectivity index (χ3v) is 3.97. The van der Waals surface area contributed by atoms with Crippen LogP contribution < -0.4 is 10.6 Å². The highest BCUT2D eigenvalue weighted by Crippen LogP contribution is 2.25. The van der Waals surface area contributed by atoms with Gasteiger partial charge >= 0.3 is 5.97 Å². The zero-order chi connectivity index (χ0) is 15.9. The molecule has 22 heavy (non-hydrogen) atoms. The first-order valence-electron chi connectivity index (χ1n) is 7.66. The number of hydrogen-bond acceptors (Lipinski definition) is 5. The van der Waals surface area contributed by atoms with E-state index in [-0.39, 0.29) is 12.6 Å². The molecule has 2 heterocycles. The molecular formula is C16H23N3O3. The fraction of sp³-hybridized carbons (Fsp3) is 0.562. The van der Waals surface area contributed by atoms with E-state index < -0.39 is 5.91 Å². The predicted octanol–water partition coefficient (Wildman–Crippen LogP) is 1.42. The molecule has 0 radical (unpaired) electrons. The molecule has 6 heteroatoms. The van der Waals surface area contributed by atoms with E-state index >= 15 is 0 Å². The maximum absolute atomic E-state index is 11.5. The summed E-state index contributed by atoms with van der Waals surface area (Å²) in [6, 6.07) is 4.13. The minimum atomic E-state index is -0.618. The molecular weight excluding hydrogens is 282 g/mol. The number of esters is 1. The smallest absolute Gasteiger partial charge is 0.306 e. The number of amides is 1. The van der Waals surface area contributed by atoms with Gasteiger partial charge in [0.15, 0.2) is 6.61 Å². The van der Waals surface area contributed by atoms with E-state index in [0.717, 1.165) is 43.7 Å². The number of anilines is 1. The Morgan fingerprint density at radius 3 is 2.68 bits per heavy atom. The van der Waals surface area contributed by atoms with Crippen LogP contribution in [-0.4, -0.2) is 36.6 Å². The van der Waals surface area contributed by atoms with E-state index in [4.69, 9.17) is 10.5 Å². The molecule has 0 spiro atoms. The van der Waals surface area contributed by atoms with Crippen molar-refractivity contribution in [2.45, 2.75) is 32.6 Å². The second-order valence-corrected chi connectivity index (χ2v) is 5.79. The summed E-state index contributed by atoms with van der Waals surface area (Å²) < 4.78 is 4.76. The minimum absolute atomic E-state index is 0.323. The zero-order valence-electron chi connectivity index (χ0n) is 13.0. The molecule has 1 fully saturated rings. The maximum atomic E-state index is 11.5. The third kappa shape index (κ3) is 5.02. The van der Waals surface area contributed by atoms with Crippen molar-refractivity contribution in [2.24, 2.45) is 11.7 Å². The first kappa shape index (κ1) is 16.3. The standard InChI is InChI=1S/C16H23N3O3/c1-12-2-4-15(18-10-12)19-8-6-13(7-9-19)3-5-16(21)22-11-14(17)20/h2,4,10,13H,3,5-9,11H2,1H3,(H2,17,20). The van der Waals surface area contributed by atoms with Gasteiger partial charge in [0, 0.05) is 25.7 Å². The van der Waals surface area contributed by atoms with E-state index in [1.54, 1.807) is 0 Å². The van der Waals surface area contributed by atoms with Crippen LogP contribution in [0, 0.1) is 12.8 Å². The third-order valence-electron chi connectivity index (χ3n) is 3.97. The molecule has 0 atom stereocenters. The number of nitrogens with zero attached hydrogens (tertiary/aromatic N) is 2. The first-order chi connectivity index (χ1) is 10.5. The lowest BCUT2D eigenvalue weighted by molar-refractivity contribution is -0.148. The summed E-state index contributed by atoms with van der Waals surface area (Å²) in [6.45, 7) is 3.62. The van der Waals surface area contributed by atoms with E-state index in [1.165, 1.54) is 0 Å². The number of aryl methyl sites for hydroxylation is 1. The van der Waals surface area contributed by atoms with Crippen molar-refractivity contribution in [2.75, 3.05) is 24.6 Å². The van der Waals surface area contributed by atoms with Crippen molar-refractivity contribution >= 4 is 17.7 Å². The molecule has 0 bridgehead atoms. The monoisotopic (exact) mass is 305 g/mol. The average molecular weight is 305 g/mol. The van der Waals surface area contributed by atoms with Crippen molar-refractivity contribution in [3.05, 3.63) is 23.9 Å². The Bertz CT molecular complexity index is 508. The van der Waals surface area contributed by atoms with Crippen molar-refractivity contribution < 1.29 is 14.3 Å². The number of primary amides is 1. The quantitative estimate of drug-likeness (QED) is 0.803. The number of piperidine rings is 1. The van der Waals surface area contributed by atoms with Crippen LogP contribution in [0.2, 0.25) is 0 Å². The highest BCUT2D eigenvalue weighted by Gasteiger charge is 2.21. The molecule has 1 aromatic heterocycles. The molecule has 1 saturated heterocycles. The van der Waals surface area contributed by atoms with E-state index in [1.807, 2.05) is 13.1 Å². The van der Waals surface area contributed by atoms with Crippen molar-refractivity contribution in [3.8, 4) is 0 Å². The number of nitrogens with two attached hydrogens (primary N) is 1. The second-order valence-electron chi connectivity index (χ2n) is 5.79. The molecule has 2 N–H and O–H groups in total.